The smallest absolute Gasteiger partial charge is 0.295 e. The van der Waals surface area contributed by atoms with Crippen LogP contribution in [0, 0.1) is 10.1 Å². The van der Waals surface area contributed by atoms with Crippen molar-refractivity contribution in [1.29, 1.82) is 0 Å². The highest BCUT2D eigenvalue weighted by Gasteiger charge is 2.44. The normalized spacial score (nSPS) is 18.9. The lowest BCUT2D eigenvalue weighted by Crippen LogP contribution is -2.28. The second kappa shape index (κ2) is 17.3. The summed E-state index contributed by atoms with van der Waals surface area (Å²) in [5, 5.41) is 11.9. The predicted molar refractivity (Wildman–Crippen MR) is 232 cm³/mol. The summed E-state index contributed by atoms with van der Waals surface area (Å²) in [5.74, 6) is 0.218. The number of hydrogen-bond donors (Lipinski definition) is 3. The molecule has 314 valence electrons. The van der Waals surface area contributed by atoms with Gasteiger partial charge in [0.15, 0.2) is 5.71 Å². The number of fused-ring (bicyclic) bond motifs is 2. The summed E-state index contributed by atoms with van der Waals surface area (Å²) in [5.41, 5.74) is 13.0. The Kier molecular flexibility index (Phi) is 12.7. The molecular weight excluding hydrogens is 793 g/mol. The Morgan fingerprint density at radius 3 is 2.20 bits per heavy atom. The van der Waals surface area contributed by atoms with Crippen molar-refractivity contribution in [3.8, 4) is 5.75 Å². The number of nitro groups is 1. The van der Waals surface area contributed by atoms with Gasteiger partial charge in [0.1, 0.15) is 23.7 Å². The molecule has 0 amide bonds. The first kappa shape index (κ1) is 43.5. The number of anilines is 2. The van der Waals surface area contributed by atoms with Gasteiger partial charge in [0.25, 0.3) is 25.9 Å². The molecule has 4 N–H and O–H groups in total. The highest BCUT2D eigenvalue weighted by molar-refractivity contribution is 7.86. The van der Waals surface area contributed by atoms with Crippen molar-refractivity contribution in [2.45, 2.75) is 83.5 Å². The lowest BCUT2D eigenvalue weighted by atomic mass is 9.81. The molecule has 0 fully saturated rings. The number of unbranched alkanes of at least 4 members (excludes halogenated alkanes) is 2. The van der Waals surface area contributed by atoms with Gasteiger partial charge in [0.05, 0.1) is 27.9 Å². The van der Waals surface area contributed by atoms with Crippen LogP contribution in [0.25, 0.3) is 0 Å². The van der Waals surface area contributed by atoms with Gasteiger partial charge in [-0.25, -0.2) is 0 Å². The second-order valence-corrected chi connectivity index (χ2v) is 19.5. The van der Waals surface area contributed by atoms with Gasteiger partial charge >= 0.3 is 0 Å². The van der Waals surface area contributed by atoms with E-state index in [9.17, 15) is 36.1 Å². The molecule has 0 unspecified atom stereocenters. The van der Waals surface area contributed by atoms with E-state index in [1.54, 1.807) is 6.07 Å². The molecule has 6 rings (SSSR count). The molecule has 0 bridgehead atoms. The quantitative estimate of drug-likeness (QED) is 0.0312. The standard InChI is InChI=1S/C44H52N4O9S2/c1-43(2)34-16-5-7-18-37(34)46(26-9-11-28-58(51,52)53)40(43)24-20-31-14-13-15-32(42(31)57-33-22-23-36(45)39(30-33)48(49)50)21-25-41-44(3,4)35-17-6-8-19-38(35)47(41)27-10-12-29-59(54,55)56/h5-8,16-25,30H,9-15,26-29,45H2,1-4H3,(H-,51,52,53,54,55,56)/p+1. The number of nitro benzene ring substituents is 1. The summed E-state index contributed by atoms with van der Waals surface area (Å²) < 4.78 is 73.4. The number of benzene rings is 3. The molecule has 2 aliphatic heterocycles. The zero-order chi connectivity index (χ0) is 42.8. The Bertz CT molecular complexity index is 2520. The van der Waals surface area contributed by atoms with E-state index >= 15 is 0 Å². The van der Waals surface area contributed by atoms with E-state index in [0.717, 1.165) is 51.5 Å². The Morgan fingerprint density at radius 2 is 1.51 bits per heavy atom. The molecule has 59 heavy (non-hydrogen) atoms. The third-order valence-corrected chi connectivity index (χ3v) is 13.1. The summed E-state index contributed by atoms with van der Waals surface area (Å²) >= 11 is 0. The molecule has 0 aromatic heterocycles. The van der Waals surface area contributed by atoms with Gasteiger partial charge in [-0.2, -0.15) is 21.4 Å². The number of hydrogen-bond acceptors (Lipinski definition) is 9. The van der Waals surface area contributed by atoms with Gasteiger partial charge in [-0.15, -0.1) is 0 Å². The van der Waals surface area contributed by atoms with Crippen molar-refractivity contribution in [2.24, 2.45) is 0 Å². The van der Waals surface area contributed by atoms with Crippen LogP contribution in [0.3, 0.4) is 0 Å². The zero-order valence-electron chi connectivity index (χ0n) is 33.9. The minimum absolute atomic E-state index is 0.0245. The molecule has 3 aromatic rings. The van der Waals surface area contributed by atoms with E-state index in [-0.39, 0.29) is 28.6 Å². The van der Waals surface area contributed by atoms with Crippen molar-refractivity contribution < 1.29 is 40.2 Å². The molecule has 0 radical (unpaired) electrons. The highest BCUT2D eigenvalue weighted by atomic mass is 32.2. The maximum Gasteiger partial charge on any atom is 0.295 e. The first-order valence-electron chi connectivity index (χ1n) is 19.8. The van der Waals surface area contributed by atoms with Crippen LogP contribution >= 0.6 is 0 Å². The summed E-state index contributed by atoms with van der Waals surface area (Å²) in [6.07, 6.45) is 12.1. The van der Waals surface area contributed by atoms with E-state index < -0.39 is 36.0 Å². The number of nitrogen functional groups attached to an aromatic ring is 1. The van der Waals surface area contributed by atoms with Crippen LogP contribution in [0.5, 0.6) is 5.75 Å². The molecule has 3 aromatic carbocycles. The van der Waals surface area contributed by atoms with Gasteiger partial charge in [-0.1, -0.05) is 56.3 Å². The third kappa shape index (κ3) is 9.86. The maximum absolute atomic E-state index is 11.9. The van der Waals surface area contributed by atoms with Gasteiger partial charge in [-0.3, -0.25) is 19.2 Å². The van der Waals surface area contributed by atoms with Crippen LogP contribution in [0.15, 0.2) is 114 Å². The molecular formula is C44H53N4O9S2+. The second-order valence-electron chi connectivity index (χ2n) is 16.3. The molecule has 0 saturated heterocycles. The van der Waals surface area contributed by atoms with E-state index in [2.05, 4.69) is 73.6 Å². The lowest BCUT2D eigenvalue weighted by molar-refractivity contribution is -0.438. The summed E-state index contributed by atoms with van der Waals surface area (Å²) in [4.78, 5) is 13.5. The van der Waals surface area contributed by atoms with E-state index in [1.807, 2.05) is 36.4 Å². The topological polar surface area (TPSA) is 193 Å². The third-order valence-electron chi connectivity index (χ3n) is 11.4. The summed E-state index contributed by atoms with van der Waals surface area (Å²) in [6.45, 7) is 9.68. The van der Waals surface area contributed by atoms with Gasteiger partial charge in [-0.05, 0) is 99.4 Å². The van der Waals surface area contributed by atoms with E-state index in [0.29, 0.717) is 57.4 Å². The van der Waals surface area contributed by atoms with Gasteiger partial charge in [0, 0.05) is 47.5 Å². The number of ether oxygens (including phenoxy) is 1. The SMILES string of the molecule is CC1(C)C(=CC=C2CCCC(C=CC3=[N+](CCCCS(=O)(=O)O)c4ccccc4C3(C)C)=C2Oc2ccc(N)c([N+](=O)[O-])c2)N(CCCCS(=O)(=O)O)c2ccccc21. The van der Waals surface area contributed by atoms with Crippen LogP contribution in [0.1, 0.15) is 83.8 Å². The average Bonchev–Trinajstić information content (AvgIpc) is 3.51. The maximum atomic E-state index is 11.9. The lowest BCUT2D eigenvalue weighted by Gasteiger charge is -2.27. The van der Waals surface area contributed by atoms with Crippen LogP contribution in [0.4, 0.5) is 22.7 Å². The number of allylic oxidation sites excluding steroid dienone is 7. The van der Waals surface area contributed by atoms with Crippen molar-refractivity contribution in [3.63, 3.8) is 0 Å². The molecule has 1 aliphatic carbocycles. The number of nitrogens with zero attached hydrogens (tertiary/aromatic N) is 3. The number of para-hydroxylation sites is 2. The average molecular weight is 846 g/mol. The van der Waals surface area contributed by atoms with Crippen LogP contribution in [-0.2, 0) is 31.1 Å². The Hall–Kier alpha value is -5.09. The first-order chi connectivity index (χ1) is 27.8. The molecule has 0 spiro atoms. The molecule has 15 heteroatoms. The van der Waals surface area contributed by atoms with Gasteiger partial charge < -0.3 is 15.4 Å². The van der Waals surface area contributed by atoms with Gasteiger partial charge in [0.2, 0.25) is 5.69 Å². The summed E-state index contributed by atoms with van der Waals surface area (Å²) in [7, 11) is -8.15. The fourth-order valence-electron chi connectivity index (χ4n) is 8.45. The molecule has 2 heterocycles. The highest BCUT2D eigenvalue weighted by Crippen LogP contribution is 2.48. The largest absolute Gasteiger partial charge is 0.457 e. The first-order valence-corrected chi connectivity index (χ1v) is 23.1. The van der Waals surface area contributed by atoms with E-state index in [4.69, 9.17) is 10.5 Å². The molecule has 3 aliphatic rings. The Morgan fingerprint density at radius 1 is 0.847 bits per heavy atom. The fourth-order valence-corrected chi connectivity index (χ4v) is 9.58. The van der Waals surface area contributed by atoms with Crippen LogP contribution < -0.4 is 15.4 Å². The monoisotopic (exact) mass is 845 g/mol. The van der Waals surface area contributed by atoms with Crippen LogP contribution in [0.2, 0.25) is 0 Å². The van der Waals surface area contributed by atoms with Crippen molar-refractivity contribution in [2.75, 3.05) is 35.2 Å². The van der Waals surface area contributed by atoms with Crippen LogP contribution in [-0.4, -0.2) is 65.7 Å². The molecule has 0 saturated carbocycles. The molecule has 0 atom stereocenters. The zero-order valence-corrected chi connectivity index (χ0v) is 35.6. The Balaban J connectivity index is 1.44. The summed E-state index contributed by atoms with van der Waals surface area (Å²) in [6, 6.07) is 20.7. The molecule has 13 nitrogen and oxygen atoms in total. The predicted octanol–water partition coefficient (Wildman–Crippen LogP) is 8.57. The minimum atomic E-state index is -4.08. The minimum Gasteiger partial charge on any atom is -0.457 e. The van der Waals surface area contributed by atoms with Crippen molar-refractivity contribution in [1.82, 2.24) is 0 Å². The van der Waals surface area contributed by atoms with E-state index in [1.165, 1.54) is 12.1 Å². The number of rotatable bonds is 16. The number of nitrogens with two attached hydrogens (primary N) is 1. The van der Waals surface area contributed by atoms with Crippen molar-refractivity contribution >= 4 is 48.7 Å². The van der Waals surface area contributed by atoms with Crippen molar-refractivity contribution in [3.05, 3.63) is 135 Å². The Labute approximate surface area is 346 Å². The fraction of sp³-hybridized carbons (Fsp3) is 0.386.